The molecule has 0 aliphatic carbocycles. The fraction of sp³-hybridized carbons (Fsp3) is 0.150. The van der Waals surface area contributed by atoms with Gasteiger partial charge in [0, 0.05) is 34.9 Å². The number of benzene rings is 1. The third-order valence-corrected chi connectivity index (χ3v) is 5.47. The molecule has 0 aliphatic heterocycles. The van der Waals surface area contributed by atoms with E-state index >= 15 is 0 Å². The third-order valence-electron chi connectivity index (χ3n) is 4.19. The predicted molar refractivity (Wildman–Crippen MR) is 109 cm³/mol. The van der Waals surface area contributed by atoms with Crippen LogP contribution >= 0.6 is 22.9 Å². The second-order valence-electron chi connectivity index (χ2n) is 6.28. The van der Waals surface area contributed by atoms with Gasteiger partial charge in [0.1, 0.15) is 5.65 Å². The number of carbonyl (C=O) groups is 1. The Morgan fingerprint density at radius 3 is 2.93 bits per heavy atom. The van der Waals surface area contributed by atoms with Crippen LogP contribution in [0.15, 0.2) is 55.0 Å². The van der Waals surface area contributed by atoms with Crippen molar-refractivity contribution >= 4 is 39.6 Å². The lowest BCUT2D eigenvalue weighted by Crippen LogP contribution is -2.14. The summed E-state index contributed by atoms with van der Waals surface area (Å²) in [5, 5.41) is 4.18. The quantitative estimate of drug-likeness (QED) is 0.539. The number of aromatic nitrogens is 3. The molecule has 136 valence electrons. The summed E-state index contributed by atoms with van der Waals surface area (Å²) in [4.78, 5) is 22.2. The number of carbonyl (C=O) groups excluding carboxylic acids is 1. The van der Waals surface area contributed by atoms with Crippen LogP contribution in [0.2, 0.25) is 5.02 Å². The van der Waals surface area contributed by atoms with Crippen molar-refractivity contribution in [3.05, 3.63) is 81.7 Å². The van der Waals surface area contributed by atoms with E-state index in [-0.39, 0.29) is 12.3 Å². The molecule has 4 aromatic rings. The number of nitrogens with one attached hydrogen (secondary N) is 1. The van der Waals surface area contributed by atoms with E-state index in [0.29, 0.717) is 11.6 Å². The van der Waals surface area contributed by atoms with Crippen molar-refractivity contribution in [3.63, 3.8) is 0 Å². The molecule has 0 aliphatic rings. The van der Waals surface area contributed by atoms with E-state index in [4.69, 9.17) is 11.6 Å². The van der Waals surface area contributed by atoms with Gasteiger partial charge in [-0.05, 0) is 30.2 Å². The Morgan fingerprint density at radius 2 is 2.11 bits per heavy atom. The number of fused-ring (bicyclic) bond motifs is 1. The van der Waals surface area contributed by atoms with Gasteiger partial charge in [-0.1, -0.05) is 35.9 Å². The Morgan fingerprint density at radius 1 is 1.26 bits per heavy atom. The standard InChI is InChI=1S/C20H17ClN4OS/c1-13-5-4-8-25-12-15(23-19(13)25)10-18(26)24-20-22-11-16(27-20)9-14-6-2-3-7-17(14)21/h2-8,11-12H,9-10H2,1H3,(H,22,24,26). The molecule has 7 heteroatoms. The number of amides is 1. The van der Waals surface area contributed by atoms with Crippen LogP contribution in [0.5, 0.6) is 0 Å². The zero-order chi connectivity index (χ0) is 18.8. The Kier molecular flexibility index (Phi) is 4.92. The number of halogens is 1. The van der Waals surface area contributed by atoms with Gasteiger partial charge in [-0.3, -0.25) is 4.79 Å². The van der Waals surface area contributed by atoms with Crippen LogP contribution in [-0.4, -0.2) is 20.3 Å². The van der Waals surface area contributed by atoms with Gasteiger partial charge in [-0.15, -0.1) is 11.3 Å². The van der Waals surface area contributed by atoms with Gasteiger partial charge in [0.25, 0.3) is 0 Å². The van der Waals surface area contributed by atoms with Crippen molar-refractivity contribution < 1.29 is 4.79 Å². The fourth-order valence-corrected chi connectivity index (χ4v) is 3.95. The van der Waals surface area contributed by atoms with Crippen molar-refractivity contribution in [1.82, 2.24) is 14.4 Å². The van der Waals surface area contributed by atoms with E-state index in [1.54, 1.807) is 6.20 Å². The van der Waals surface area contributed by atoms with E-state index in [1.165, 1.54) is 11.3 Å². The molecule has 0 fully saturated rings. The van der Waals surface area contributed by atoms with Crippen LogP contribution in [-0.2, 0) is 17.6 Å². The third kappa shape index (κ3) is 4.02. The minimum absolute atomic E-state index is 0.130. The van der Waals surface area contributed by atoms with Gasteiger partial charge < -0.3 is 9.72 Å². The summed E-state index contributed by atoms with van der Waals surface area (Å²) >= 11 is 7.66. The SMILES string of the molecule is Cc1cccn2cc(CC(=O)Nc3ncc(Cc4ccccc4Cl)s3)nc12. The highest BCUT2D eigenvalue weighted by molar-refractivity contribution is 7.15. The number of aryl methyl sites for hydroxylation is 1. The molecule has 27 heavy (non-hydrogen) atoms. The van der Waals surface area contributed by atoms with E-state index < -0.39 is 0 Å². The van der Waals surface area contributed by atoms with Crippen molar-refractivity contribution in [1.29, 1.82) is 0 Å². The summed E-state index contributed by atoms with van der Waals surface area (Å²) in [7, 11) is 0. The average molecular weight is 397 g/mol. The summed E-state index contributed by atoms with van der Waals surface area (Å²) in [6.07, 6.45) is 6.49. The molecular weight excluding hydrogens is 380 g/mol. The van der Waals surface area contributed by atoms with Crippen LogP contribution in [0, 0.1) is 6.92 Å². The van der Waals surface area contributed by atoms with Gasteiger partial charge in [-0.2, -0.15) is 0 Å². The summed E-state index contributed by atoms with van der Waals surface area (Å²) < 4.78 is 1.93. The van der Waals surface area contributed by atoms with Gasteiger partial charge in [-0.25, -0.2) is 9.97 Å². The lowest BCUT2D eigenvalue weighted by Gasteiger charge is -2.01. The second kappa shape index (κ2) is 7.50. The number of anilines is 1. The first-order chi connectivity index (χ1) is 13.1. The normalized spacial score (nSPS) is 11.0. The highest BCUT2D eigenvalue weighted by atomic mass is 35.5. The first-order valence-electron chi connectivity index (χ1n) is 8.49. The second-order valence-corrected chi connectivity index (χ2v) is 7.80. The van der Waals surface area contributed by atoms with E-state index in [2.05, 4.69) is 15.3 Å². The lowest BCUT2D eigenvalue weighted by molar-refractivity contribution is -0.115. The molecule has 1 amide bonds. The summed E-state index contributed by atoms with van der Waals surface area (Å²) in [6.45, 7) is 2.00. The topological polar surface area (TPSA) is 59.3 Å². The van der Waals surface area contributed by atoms with Crippen LogP contribution in [0.25, 0.3) is 5.65 Å². The van der Waals surface area contributed by atoms with E-state index in [1.807, 2.05) is 60.1 Å². The first-order valence-corrected chi connectivity index (χ1v) is 9.69. The van der Waals surface area contributed by atoms with Gasteiger partial charge in [0.15, 0.2) is 5.13 Å². The maximum atomic E-state index is 12.4. The Hall–Kier alpha value is -2.70. The molecule has 0 radical (unpaired) electrons. The van der Waals surface area contributed by atoms with Crippen molar-refractivity contribution in [2.45, 2.75) is 19.8 Å². The number of hydrogen-bond donors (Lipinski definition) is 1. The molecule has 3 heterocycles. The number of rotatable bonds is 5. The highest BCUT2D eigenvalue weighted by Gasteiger charge is 2.12. The molecular formula is C20H17ClN4OS. The number of thiazole rings is 1. The Bertz CT molecular complexity index is 1120. The molecule has 4 rings (SSSR count). The van der Waals surface area contributed by atoms with Crippen molar-refractivity contribution in [2.24, 2.45) is 0 Å². The van der Waals surface area contributed by atoms with Crippen LogP contribution in [0.4, 0.5) is 5.13 Å². The number of hydrogen-bond acceptors (Lipinski definition) is 4. The Labute approximate surface area is 165 Å². The summed E-state index contributed by atoms with van der Waals surface area (Å²) in [5.41, 5.74) is 3.72. The predicted octanol–water partition coefficient (Wildman–Crippen LogP) is 4.52. The number of nitrogens with zero attached hydrogens (tertiary/aromatic N) is 3. The molecule has 5 nitrogen and oxygen atoms in total. The van der Waals surface area contributed by atoms with E-state index in [9.17, 15) is 4.79 Å². The lowest BCUT2D eigenvalue weighted by atomic mass is 10.1. The molecule has 3 aromatic heterocycles. The average Bonchev–Trinajstić information content (AvgIpc) is 3.24. The maximum absolute atomic E-state index is 12.4. The van der Waals surface area contributed by atoms with Crippen molar-refractivity contribution in [3.8, 4) is 0 Å². The first kappa shape index (κ1) is 17.7. The van der Waals surface area contributed by atoms with Crippen LogP contribution in [0.3, 0.4) is 0 Å². The minimum Gasteiger partial charge on any atom is -0.307 e. The Balaban J connectivity index is 1.41. The molecule has 0 unspecified atom stereocenters. The van der Waals surface area contributed by atoms with Gasteiger partial charge in [0.2, 0.25) is 5.91 Å². The summed E-state index contributed by atoms with van der Waals surface area (Å²) in [5.74, 6) is -0.130. The van der Waals surface area contributed by atoms with E-state index in [0.717, 1.165) is 32.4 Å². The highest BCUT2D eigenvalue weighted by Crippen LogP contribution is 2.24. The van der Waals surface area contributed by atoms with Gasteiger partial charge in [0.05, 0.1) is 12.1 Å². The zero-order valence-corrected chi connectivity index (χ0v) is 16.2. The fourth-order valence-electron chi connectivity index (χ4n) is 2.89. The zero-order valence-electron chi connectivity index (χ0n) is 14.6. The molecule has 0 bridgehead atoms. The smallest absolute Gasteiger partial charge is 0.232 e. The number of pyridine rings is 1. The van der Waals surface area contributed by atoms with Crippen molar-refractivity contribution in [2.75, 3.05) is 5.32 Å². The van der Waals surface area contributed by atoms with Crippen LogP contribution in [0.1, 0.15) is 21.7 Å². The molecule has 1 N–H and O–H groups in total. The number of imidazole rings is 1. The van der Waals surface area contributed by atoms with Crippen LogP contribution < -0.4 is 5.32 Å². The minimum atomic E-state index is -0.130. The maximum Gasteiger partial charge on any atom is 0.232 e. The largest absolute Gasteiger partial charge is 0.307 e. The molecule has 0 atom stereocenters. The summed E-state index contributed by atoms with van der Waals surface area (Å²) in [6, 6.07) is 11.7. The molecule has 0 saturated heterocycles. The molecule has 0 spiro atoms. The monoisotopic (exact) mass is 396 g/mol. The molecule has 1 aromatic carbocycles. The molecule has 0 saturated carbocycles. The van der Waals surface area contributed by atoms with Gasteiger partial charge >= 0.3 is 0 Å².